The minimum absolute atomic E-state index is 0.377. The Bertz CT molecular complexity index is 538. The molecule has 0 saturated heterocycles. The average Bonchev–Trinajstić information content (AvgIpc) is 3.07. The van der Waals surface area contributed by atoms with Crippen molar-refractivity contribution in [3.63, 3.8) is 0 Å². The Hall–Kier alpha value is -1.76. The number of hydrogen-bond acceptors (Lipinski definition) is 5. The van der Waals surface area contributed by atoms with E-state index >= 15 is 0 Å². The van der Waals surface area contributed by atoms with Gasteiger partial charge < -0.3 is 5.11 Å². The van der Waals surface area contributed by atoms with Crippen LogP contribution in [0.4, 0.5) is 0 Å². The molecule has 0 aliphatic carbocycles. The topological polar surface area (TPSA) is 80.9 Å². The number of aryl methyl sites for hydroxylation is 3. The van der Waals surface area contributed by atoms with Gasteiger partial charge in [0.05, 0.1) is 5.92 Å². The summed E-state index contributed by atoms with van der Waals surface area (Å²) >= 11 is 1.76. The second-order valence-corrected chi connectivity index (χ2v) is 5.81. The number of thiophene rings is 1. The highest BCUT2D eigenvalue weighted by Crippen LogP contribution is 2.12. The first-order valence-electron chi connectivity index (χ1n) is 6.67. The van der Waals surface area contributed by atoms with Crippen molar-refractivity contribution in [2.75, 3.05) is 0 Å². The van der Waals surface area contributed by atoms with E-state index in [-0.39, 0.29) is 5.92 Å². The molecule has 20 heavy (non-hydrogen) atoms. The maximum absolute atomic E-state index is 10.8. The molecule has 1 atom stereocenters. The quantitative estimate of drug-likeness (QED) is 0.805. The summed E-state index contributed by atoms with van der Waals surface area (Å²) in [5.74, 6) is -0.324. The van der Waals surface area contributed by atoms with Crippen molar-refractivity contribution in [1.29, 1.82) is 0 Å². The average molecular weight is 294 g/mol. The van der Waals surface area contributed by atoms with Crippen LogP contribution in [0, 0.1) is 5.92 Å². The minimum atomic E-state index is -0.780. The van der Waals surface area contributed by atoms with Gasteiger partial charge in [-0.05, 0) is 41.1 Å². The summed E-state index contributed by atoms with van der Waals surface area (Å²) < 4.78 is 1.72. The summed E-state index contributed by atoms with van der Waals surface area (Å²) in [6.07, 6.45) is 3.37. The number of aromatic nitrogens is 4. The fraction of sp³-hybridized carbons (Fsp3) is 0.538. The molecule has 0 bridgehead atoms. The van der Waals surface area contributed by atoms with Gasteiger partial charge in [-0.2, -0.15) is 0 Å². The van der Waals surface area contributed by atoms with Gasteiger partial charge in [0.1, 0.15) is 0 Å². The molecule has 1 N–H and O–H groups in total. The predicted molar refractivity (Wildman–Crippen MR) is 75.6 cm³/mol. The molecule has 0 saturated carbocycles. The summed E-state index contributed by atoms with van der Waals surface area (Å²) in [5.41, 5.74) is 0. The van der Waals surface area contributed by atoms with E-state index in [0.29, 0.717) is 13.0 Å². The first-order valence-corrected chi connectivity index (χ1v) is 7.55. The predicted octanol–water partition coefficient (Wildman–Crippen LogP) is 2.02. The van der Waals surface area contributed by atoms with E-state index in [1.807, 2.05) is 0 Å². The van der Waals surface area contributed by atoms with Gasteiger partial charge in [-0.3, -0.25) is 4.79 Å². The zero-order valence-electron chi connectivity index (χ0n) is 11.4. The molecule has 2 heterocycles. The largest absolute Gasteiger partial charge is 0.481 e. The first-order chi connectivity index (χ1) is 9.66. The minimum Gasteiger partial charge on any atom is -0.481 e. The molecule has 0 aliphatic rings. The number of carbonyl (C=O) groups is 1. The molecule has 2 aromatic rings. The molecule has 0 amide bonds. The van der Waals surface area contributed by atoms with E-state index in [1.165, 1.54) is 4.88 Å². The molecule has 7 heteroatoms. The van der Waals surface area contributed by atoms with Gasteiger partial charge in [0, 0.05) is 17.8 Å². The molecule has 2 aromatic heterocycles. The van der Waals surface area contributed by atoms with Gasteiger partial charge in [-0.25, -0.2) is 4.68 Å². The van der Waals surface area contributed by atoms with Gasteiger partial charge in [-0.1, -0.05) is 13.0 Å². The van der Waals surface area contributed by atoms with Crippen molar-refractivity contribution in [3.05, 3.63) is 28.2 Å². The lowest BCUT2D eigenvalue weighted by Gasteiger charge is -2.07. The van der Waals surface area contributed by atoms with Crippen molar-refractivity contribution in [2.24, 2.45) is 5.92 Å². The molecular formula is C13H18N4O2S. The Labute approximate surface area is 121 Å². The third-order valence-electron chi connectivity index (χ3n) is 3.21. The summed E-state index contributed by atoms with van der Waals surface area (Å²) in [5, 5.41) is 22.6. The number of carboxylic acid groups (broad SMARTS) is 1. The lowest BCUT2D eigenvalue weighted by Crippen LogP contribution is -2.15. The lowest BCUT2D eigenvalue weighted by atomic mass is 10.1. The highest BCUT2D eigenvalue weighted by atomic mass is 32.1. The van der Waals surface area contributed by atoms with Crippen LogP contribution in [0.15, 0.2) is 17.5 Å². The van der Waals surface area contributed by atoms with Crippen LogP contribution in [0.1, 0.15) is 30.5 Å². The standard InChI is InChI=1S/C13H18N4O2S/c1-10(13(18)19)7-8-17-12(14-15-16-17)6-2-4-11-5-3-9-20-11/h3,5,9-10H,2,4,6-8H2,1H3,(H,18,19). The summed E-state index contributed by atoms with van der Waals surface area (Å²) in [4.78, 5) is 12.2. The monoisotopic (exact) mass is 294 g/mol. The van der Waals surface area contributed by atoms with Gasteiger partial charge in [0.15, 0.2) is 5.82 Å². The van der Waals surface area contributed by atoms with Crippen LogP contribution in [0.5, 0.6) is 0 Å². The van der Waals surface area contributed by atoms with Crippen molar-refractivity contribution in [2.45, 2.75) is 39.2 Å². The first kappa shape index (κ1) is 14.6. The van der Waals surface area contributed by atoms with Crippen molar-refractivity contribution < 1.29 is 9.90 Å². The van der Waals surface area contributed by atoms with Gasteiger partial charge >= 0.3 is 5.97 Å². The molecule has 0 radical (unpaired) electrons. The molecule has 0 aliphatic heterocycles. The molecular weight excluding hydrogens is 276 g/mol. The van der Waals surface area contributed by atoms with Crippen LogP contribution >= 0.6 is 11.3 Å². The van der Waals surface area contributed by atoms with E-state index in [0.717, 1.165) is 25.1 Å². The second kappa shape index (κ2) is 7.14. The van der Waals surface area contributed by atoms with E-state index in [2.05, 4.69) is 33.0 Å². The third kappa shape index (κ3) is 4.12. The number of tetrazole rings is 1. The van der Waals surface area contributed by atoms with Crippen molar-refractivity contribution in [1.82, 2.24) is 20.2 Å². The fourth-order valence-electron chi connectivity index (χ4n) is 1.89. The third-order valence-corrected chi connectivity index (χ3v) is 4.14. The van der Waals surface area contributed by atoms with E-state index in [9.17, 15) is 4.79 Å². The highest BCUT2D eigenvalue weighted by molar-refractivity contribution is 7.09. The van der Waals surface area contributed by atoms with Crippen LogP contribution in [-0.4, -0.2) is 31.3 Å². The van der Waals surface area contributed by atoms with E-state index < -0.39 is 5.97 Å². The Morgan fingerprint density at radius 3 is 3.05 bits per heavy atom. The molecule has 108 valence electrons. The molecule has 6 nitrogen and oxygen atoms in total. The van der Waals surface area contributed by atoms with Gasteiger partial charge in [-0.15, -0.1) is 16.4 Å². The summed E-state index contributed by atoms with van der Waals surface area (Å²) in [7, 11) is 0. The number of carboxylic acids is 1. The van der Waals surface area contributed by atoms with Crippen LogP contribution in [0.25, 0.3) is 0 Å². The Morgan fingerprint density at radius 2 is 2.35 bits per heavy atom. The van der Waals surface area contributed by atoms with Crippen molar-refractivity contribution in [3.8, 4) is 0 Å². The second-order valence-electron chi connectivity index (χ2n) is 4.78. The Kier molecular flexibility index (Phi) is 5.23. The summed E-state index contributed by atoms with van der Waals surface area (Å²) in [6, 6.07) is 4.18. The highest BCUT2D eigenvalue weighted by Gasteiger charge is 2.13. The molecule has 0 spiro atoms. The number of aliphatic carboxylic acids is 1. The lowest BCUT2D eigenvalue weighted by molar-refractivity contribution is -0.141. The fourth-order valence-corrected chi connectivity index (χ4v) is 2.64. The van der Waals surface area contributed by atoms with Crippen LogP contribution in [0.3, 0.4) is 0 Å². The maximum atomic E-state index is 10.8. The summed E-state index contributed by atoms with van der Waals surface area (Å²) in [6.45, 7) is 2.25. The van der Waals surface area contributed by atoms with E-state index in [1.54, 1.807) is 22.9 Å². The van der Waals surface area contributed by atoms with E-state index in [4.69, 9.17) is 5.11 Å². The molecule has 2 rings (SSSR count). The molecule has 0 fully saturated rings. The molecule has 1 unspecified atom stereocenters. The maximum Gasteiger partial charge on any atom is 0.306 e. The smallest absolute Gasteiger partial charge is 0.306 e. The van der Waals surface area contributed by atoms with Gasteiger partial charge in [0.2, 0.25) is 0 Å². The van der Waals surface area contributed by atoms with Crippen molar-refractivity contribution >= 4 is 17.3 Å². The van der Waals surface area contributed by atoms with Crippen LogP contribution in [-0.2, 0) is 24.2 Å². The Balaban J connectivity index is 1.80. The SMILES string of the molecule is CC(CCn1nnnc1CCCc1cccs1)C(=O)O. The zero-order valence-corrected chi connectivity index (χ0v) is 12.2. The zero-order chi connectivity index (χ0) is 14.4. The number of hydrogen-bond donors (Lipinski definition) is 1. The Morgan fingerprint density at radius 1 is 1.50 bits per heavy atom. The normalized spacial score (nSPS) is 12.4. The van der Waals surface area contributed by atoms with Gasteiger partial charge in [0.25, 0.3) is 0 Å². The van der Waals surface area contributed by atoms with Crippen LogP contribution < -0.4 is 0 Å². The number of rotatable bonds is 8. The molecule has 0 aromatic carbocycles. The number of nitrogens with zero attached hydrogens (tertiary/aromatic N) is 4. The van der Waals surface area contributed by atoms with Crippen LogP contribution in [0.2, 0.25) is 0 Å².